The van der Waals surface area contributed by atoms with Gasteiger partial charge >= 0.3 is 0 Å². The van der Waals surface area contributed by atoms with E-state index in [2.05, 4.69) is 78.2 Å². The number of hydrogen-bond donors (Lipinski definition) is 0. The van der Waals surface area contributed by atoms with Crippen LogP contribution in [0, 0.1) is 5.92 Å². The van der Waals surface area contributed by atoms with Crippen LogP contribution in [-0.4, -0.2) is 18.3 Å². The Bertz CT molecular complexity index is 1130. The van der Waals surface area contributed by atoms with Crippen molar-refractivity contribution in [2.45, 2.75) is 46.0 Å². The lowest BCUT2D eigenvalue weighted by molar-refractivity contribution is 0.452. The Kier molecular flexibility index (Phi) is 6.20. The molecule has 0 fully saturated rings. The molecular formula is C20H22Br2N4S2. The third-order valence-electron chi connectivity index (χ3n) is 5.33. The Morgan fingerprint density at radius 1 is 1.07 bits per heavy atom. The fourth-order valence-corrected chi connectivity index (χ4v) is 6.88. The van der Waals surface area contributed by atoms with Crippen LogP contribution < -0.4 is 0 Å². The lowest BCUT2D eigenvalue weighted by atomic mass is 9.95. The van der Waals surface area contributed by atoms with Gasteiger partial charge in [0.1, 0.15) is 16.6 Å². The predicted octanol–water partition coefficient (Wildman–Crippen LogP) is 7.59. The van der Waals surface area contributed by atoms with Crippen molar-refractivity contribution in [3.63, 3.8) is 0 Å². The summed E-state index contributed by atoms with van der Waals surface area (Å²) in [5.74, 6) is 1.77. The topological polar surface area (TPSA) is 43.6 Å². The van der Waals surface area contributed by atoms with E-state index in [4.69, 9.17) is 4.98 Å². The van der Waals surface area contributed by atoms with Gasteiger partial charge in [-0.3, -0.25) is 0 Å². The van der Waals surface area contributed by atoms with Gasteiger partial charge in [-0.25, -0.2) is 4.98 Å². The molecule has 0 N–H and O–H groups in total. The second-order valence-corrected chi connectivity index (χ2v) is 10.5. The Hall–Kier alpha value is -0.830. The van der Waals surface area contributed by atoms with Gasteiger partial charge in [-0.05, 0) is 56.3 Å². The molecule has 148 valence electrons. The Morgan fingerprint density at radius 2 is 1.82 bits per heavy atom. The van der Waals surface area contributed by atoms with Crippen molar-refractivity contribution >= 4 is 77.0 Å². The highest BCUT2D eigenvalue weighted by atomic mass is 79.9. The Morgan fingerprint density at radius 3 is 2.54 bits per heavy atom. The smallest absolute Gasteiger partial charge is 0.151 e. The molecule has 0 saturated carbocycles. The minimum atomic E-state index is 0.777. The number of aryl methyl sites for hydroxylation is 1. The molecule has 1 atom stereocenters. The Labute approximate surface area is 190 Å². The van der Waals surface area contributed by atoms with Gasteiger partial charge in [0.2, 0.25) is 0 Å². The van der Waals surface area contributed by atoms with E-state index in [1.807, 2.05) is 11.3 Å². The highest BCUT2D eigenvalue weighted by Gasteiger charge is 2.22. The number of hydrogen-bond acceptors (Lipinski definition) is 5. The molecule has 0 aliphatic rings. The van der Waals surface area contributed by atoms with Crippen molar-refractivity contribution in [1.82, 2.24) is 18.3 Å². The molecule has 28 heavy (non-hydrogen) atoms. The molecule has 8 heteroatoms. The maximum absolute atomic E-state index is 4.97. The molecule has 0 amide bonds. The number of nitrogens with zero attached hydrogens (tertiary/aromatic N) is 4. The summed E-state index contributed by atoms with van der Waals surface area (Å²) >= 11 is 10.5. The van der Waals surface area contributed by atoms with E-state index >= 15 is 0 Å². The molecule has 0 saturated heterocycles. The summed E-state index contributed by atoms with van der Waals surface area (Å²) in [6, 6.07) is 4.49. The molecule has 4 aromatic rings. The SMILES string of the molecule is CCCCC(CC)Cc1ccc(-c2nc3c(Br)c4nsnc4c(Br)c3n2C)s1. The Balaban J connectivity index is 1.72. The lowest BCUT2D eigenvalue weighted by Crippen LogP contribution is -2.01. The second kappa shape index (κ2) is 8.50. The van der Waals surface area contributed by atoms with Crippen LogP contribution in [0.3, 0.4) is 0 Å². The van der Waals surface area contributed by atoms with E-state index in [1.54, 1.807) is 0 Å². The van der Waals surface area contributed by atoms with Crippen LogP contribution in [-0.2, 0) is 13.5 Å². The van der Waals surface area contributed by atoms with Crippen molar-refractivity contribution in [1.29, 1.82) is 0 Å². The van der Waals surface area contributed by atoms with Crippen LogP contribution in [0.25, 0.3) is 32.8 Å². The van der Waals surface area contributed by atoms with Crippen molar-refractivity contribution in [2.75, 3.05) is 0 Å². The monoisotopic (exact) mass is 540 g/mol. The van der Waals surface area contributed by atoms with Crippen LogP contribution in [0.15, 0.2) is 21.1 Å². The van der Waals surface area contributed by atoms with Crippen LogP contribution in [0.5, 0.6) is 0 Å². The maximum atomic E-state index is 4.97. The van der Waals surface area contributed by atoms with E-state index in [1.165, 1.54) is 53.6 Å². The molecule has 4 nitrogen and oxygen atoms in total. The standard InChI is InChI=1S/C20H22Br2N4S2/c1-4-6-7-11(5-2)10-12-8-9-13(27-12)20-23-18-14(21)16-17(25-28-24-16)15(22)19(18)26(20)3/h8-9,11H,4-7,10H2,1-3H3. The number of rotatable bonds is 7. The number of fused-ring (bicyclic) bond motifs is 2. The van der Waals surface area contributed by atoms with E-state index in [0.29, 0.717) is 0 Å². The van der Waals surface area contributed by atoms with Crippen molar-refractivity contribution < 1.29 is 0 Å². The quantitative estimate of drug-likeness (QED) is 0.242. The number of unbranched alkanes of at least 4 members (excludes halogenated alkanes) is 1. The molecule has 0 aliphatic carbocycles. The first-order valence-electron chi connectivity index (χ1n) is 9.59. The van der Waals surface area contributed by atoms with Crippen LogP contribution in [0.1, 0.15) is 44.4 Å². The van der Waals surface area contributed by atoms with Gasteiger partial charge in [0.05, 0.1) is 31.1 Å². The zero-order valence-corrected chi connectivity index (χ0v) is 20.9. The molecular weight excluding hydrogens is 520 g/mol. The van der Waals surface area contributed by atoms with Gasteiger partial charge in [-0.2, -0.15) is 8.75 Å². The zero-order chi connectivity index (χ0) is 19.8. The van der Waals surface area contributed by atoms with Gasteiger partial charge in [-0.15, -0.1) is 11.3 Å². The highest BCUT2D eigenvalue weighted by molar-refractivity contribution is 9.11. The van der Waals surface area contributed by atoms with E-state index in [0.717, 1.165) is 42.8 Å². The largest absolute Gasteiger partial charge is 0.325 e. The van der Waals surface area contributed by atoms with Crippen molar-refractivity contribution in [3.05, 3.63) is 26.0 Å². The summed E-state index contributed by atoms with van der Waals surface area (Å²) in [6.07, 6.45) is 6.33. The molecule has 3 heterocycles. The minimum absolute atomic E-state index is 0.777. The summed E-state index contributed by atoms with van der Waals surface area (Å²) in [6.45, 7) is 4.58. The van der Waals surface area contributed by atoms with E-state index in [9.17, 15) is 0 Å². The number of aromatic nitrogens is 4. The first-order chi connectivity index (χ1) is 13.5. The molecule has 3 aromatic heterocycles. The average molecular weight is 542 g/mol. The first-order valence-corrected chi connectivity index (χ1v) is 12.7. The van der Waals surface area contributed by atoms with Gasteiger partial charge in [0.15, 0.2) is 5.82 Å². The lowest BCUT2D eigenvalue weighted by Gasteiger charge is -2.12. The van der Waals surface area contributed by atoms with Gasteiger partial charge in [0.25, 0.3) is 0 Å². The number of benzene rings is 1. The maximum Gasteiger partial charge on any atom is 0.151 e. The molecule has 1 aromatic carbocycles. The number of imidazole rings is 1. The summed E-state index contributed by atoms with van der Waals surface area (Å²) in [4.78, 5) is 7.63. The van der Waals surface area contributed by atoms with E-state index < -0.39 is 0 Å². The van der Waals surface area contributed by atoms with Gasteiger partial charge in [0, 0.05) is 11.9 Å². The fraction of sp³-hybridized carbons (Fsp3) is 0.450. The van der Waals surface area contributed by atoms with Crippen LogP contribution >= 0.6 is 54.9 Å². The van der Waals surface area contributed by atoms with Crippen molar-refractivity contribution in [2.24, 2.45) is 13.0 Å². The zero-order valence-electron chi connectivity index (χ0n) is 16.1. The number of halogens is 2. The summed E-state index contributed by atoms with van der Waals surface area (Å²) in [7, 11) is 2.07. The summed E-state index contributed by atoms with van der Waals surface area (Å²) in [5.41, 5.74) is 3.72. The van der Waals surface area contributed by atoms with Crippen LogP contribution in [0.4, 0.5) is 0 Å². The summed E-state index contributed by atoms with van der Waals surface area (Å²) in [5, 5.41) is 0. The highest BCUT2D eigenvalue weighted by Crippen LogP contribution is 2.40. The van der Waals surface area contributed by atoms with Gasteiger partial charge < -0.3 is 4.57 Å². The second-order valence-electron chi connectivity index (χ2n) is 7.17. The molecule has 4 rings (SSSR count). The minimum Gasteiger partial charge on any atom is -0.325 e. The van der Waals surface area contributed by atoms with Crippen LogP contribution in [0.2, 0.25) is 0 Å². The fourth-order valence-electron chi connectivity index (χ4n) is 3.66. The molecule has 0 bridgehead atoms. The molecule has 0 spiro atoms. The third kappa shape index (κ3) is 3.57. The summed E-state index contributed by atoms with van der Waals surface area (Å²) < 4.78 is 12.9. The molecule has 1 unspecified atom stereocenters. The average Bonchev–Trinajstić information content (AvgIpc) is 3.42. The third-order valence-corrected chi connectivity index (χ3v) is 8.46. The predicted molar refractivity (Wildman–Crippen MR) is 127 cm³/mol. The molecule has 0 radical (unpaired) electrons. The number of thiophene rings is 1. The van der Waals surface area contributed by atoms with E-state index in [-0.39, 0.29) is 0 Å². The van der Waals surface area contributed by atoms with Crippen molar-refractivity contribution in [3.8, 4) is 10.7 Å². The van der Waals surface area contributed by atoms with Gasteiger partial charge in [-0.1, -0.05) is 39.5 Å². The normalized spacial score (nSPS) is 13.0. The first kappa shape index (κ1) is 20.4. The molecule has 0 aliphatic heterocycles.